The molecule has 2 N–H and O–H groups in total. The second kappa shape index (κ2) is 5.96. The molecular formula is C17H27NO. The van der Waals surface area contributed by atoms with E-state index < -0.39 is 0 Å². The summed E-state index contributed by atoms with van der Waals surface area (Å²) in [5.41, 5.74) is 7.93. The largest absolute Gasteiger partial charge is 0.497 e. The molecule has 0 bridgehead atoms. The van der Waals surface area contributed by atoms with Crippen LogP contribution in [0, 0.1) is 11.3 Å². The molecule has 0 amide bonds. The summed E-state index contributed by atoms with van der Waals surface area (Å²) in [6, 6.07) is 8.45. The van der Waals surface area contributed by atoms with Crippen molar-refractivity contribution in [3.8, 4) is 5.75 Å². The Kier molecular flexibility index (Phi) is 4.51. The lowest BCUT2D eigenvalue weighted by atomic mass is 9.68. The van der Waals surface area contributed by atoms with Crippen molar-refractivity contribution in [2.75, 3.05) is 13.7 Å². The van der Waals surface area contributed by atoms with Gasteiger partial charge in [0.05, 0.1) is 7.11 Å². The zero-order chi connectivity index (χ0) is 13.9. The standard InChI is InChI=1S/C17H27NO/c1-17(2)10-8-14(9-11-17)16(12-18)13-4-6-15(19-3)7-5-13/h4-7,14,16H,8-12,18H2,1-3H3. The van der Waals surface area contributed by atoms with Gasteiger partial charge in [0.15, 0.2) is 0 Å². The third kappa shape index (κ3) is 3.50. The van der Waals surface area contributed by atoms with Crippen molar-refractivity contribution in [3.63, 3.8) is 0 Å². The van der Waals surface area contributed by atoms with Crippen LogP contribution in [-0.2, 0) is 0 Å². The molecule has 1 aromatic rings. The smallest absolute Gasteiger partial charge is 0.118 e. The van der Waals surface area contributed by atoms with Crippen molar-refractivity contribution >= 4 is 0 Å². The van der Waals surface area contributed by atoms with Gasteiger partial charge in [-0.2, -0.15) is 0 Å². The maximum Gasteiger partial charge on any atom is 0.118 e. The van der Waals surface area contributed by atoms with Crippen LogP contribution in [0.25, 0.3) is 0 Å². The van der Waals surface area contributed by atoms with Gasteiger partial charge in [-0.3, -0.25) is 0 Å². The Morgan fingerprint density at radius 2 is 1.79 bits per heavy atom. The fourth-order valence-corrected chi connectivity index (χ4v) is 3.28. The molecule has 0 saturated heterocycles. The molecule has 1 aliphatic rings. The van der Waals surface area contributed by atoms with Gasteiger partial charge in [0.1, 0.15) is 5.75 Å². The highest BCUT2D eigenvalue weighted by atomic mass is 16.5. The van der Waals surface area contributed by atoms with Gasteiger partial charge in [-0.1, -0.05) is 26.0 Å². The van der Waals surface area contributed by atoms with Crippen LogP contribution in [-0.4, -0.2) is 13.7 Å². The fraction of sp³-hybridized carbons (Fsp3) is 0.647. The molecule has 19 heavy (non-hydrogen) atoms. The van der Waals surface area contributed by atoms with Gasteiger partial charge in [0.2, 0.25) is 0 Å². The molecule has 106 valence electrons. The van der Waals surface area contributed by atoms with Crippen LogP contribution in [0.1, 0.15) is 51.0 Å². The van der Waals surface area contributed by atoms with Crippen LogP contribution >= 0.6 is 0 Å². The van der Waals surface area contributed by atoms with E-state index >= 15 is 0 Å². The topological polar surface area (TPSA) is 35.2 Å². The minimum Gasteiger partial charge on any atom is -0.497 e. The van der Waals surface area contributed by atoms with Crippen LogP contribution in [0.3, 0.4) is 0 Å². The fourth-order valence-electron chi connectivity index (χ4n) is 3.28. The highest BCUT2D eigenvalue weighted by molar-refractivity contribution is 5.30. The molecule has 1 saturated carbocycles. The van der Waals surface area contributed by atoms with Crippen LogP contribution in [0.4, 0.5) is 0 Å². The maximum absolute atomic E-state index is 6.04. The molecule has 0 heterocycles. The van der Waals surface area contributed by atoms with Crippen molar-refractivity contribution in [1.82, 2.24) is 0 Å². The molecule has 2 nitrogen and oxygen atoms in total. The minimum atomic E-state index is 0.502. The number of nitrogens with two attached hydrogens (primary N) is 1. The number of ether oxygens (including phenoxy) is 1. The lowest BCUT2D eigenvalue weighted by Crippen LogP contribution is -2.28. The molecule has 0 aromatic heterocycles. The van der Waals surface area contributed by atoms with Crippen molar-refractivity contribution in [1.29, 1.82) is 0 Å². The third-order valence-corrected chi connectivity index (χ3v) is 4.75. The summed E-state index contributed by atoms with van der Waals surface area (Å²) in [6.45, 7) is 5.51. The van der Waals surface area contributed by atoms with Crippen LogP contribution in [0.15, 0.2) is 24.3 Å². The first-order valence-corrected chi connectivity index (χ1v) is 7.40. The quantitative estimate of drug-likeness (QED) is 0.890. The van der Waals surface area contributed by atoms with E-state index in [4.69, 9.17) is 10.5 Å². The van der Waals surface area contributed by atoms with Crippen molar-refractivity contribution in [3.05, 3.63) is 29.8 Å². The molecule has 1 unspecified atom stereocenters. The second-order valence-corrected chi connectivity index (χ2v) is 6.62. The predicted molar refractivity (Wildman–Crippen MR) is 80.5 cm³/mol. The van der Waals surface area contributed by atoms with E-state index in [1.54, 1.807) is 7.11 Å². The van der Waals surface area contributed by atoms with Gasteiger partial charge in [-0.15, -0.1) is 0 Å². The van der Waals surface area contributed by atoms with Crippen LogP contribution < -0.4 is 10.5 Å². The lowest BCUT2D eigenvalue weighted by molar-refractivity contribution is 0.173. The van der Waals surface area contributed by atoms with Crippen molar-refractivity contribution in [2.24, 2.45) is 17.1 Å². The van der Waals surface area contributed by atoms with E-state index in [1.807, 2.05) is 12.1 Å². The normalized spacial score (nSPS) is 21.1. The van der Waals surface area contributed by atoms with Gasteiger partial charge in [0, 0.05) is 0 Å². The first-order valence-electron chi connectivity index (χ1n) is 7.40. The Balaban J connectivity index is 2.07. The molecule has 1 aliphatic carbocycles. The third-order valence-electron chi connectivity index (χ3n) is 4.75. The highest BCUT2D eigenvalue weighted by Gasteiger charge is 2.31. The molecule has 1 fully saturated rings. The maximum atomic E-state index is 6.04. The highest BCUT2D eigenvalue weighted by Crippen LogP contribution is 2.43. The van der Waals surface area contributed by atoms with E-state index in [0.29, 0.717) is 11.3 Å². The lowest BCUT2D eigenvalue weighted by Gasteiger charge is -2.38. The molecule has 1 atom stereocenters. The Bertz CT molecular complexity index is 386. The number of rotatable bonds is 4. The number of benzene rings is 1. The van der Waals surface area contributed by atoms with E-state index in [9.17, 15) is 0 Å². The first kappa shape index (κ1) is 14.4. The Morgan fingerprint density at radius 1 is 1.21 bits per heavy atom. The number of hydrogen-bond donors (Lipinski definition) is 1. The first-order chi connectivity index (χ1) is 9.05. The molecule has 1 aromatic carbocycles. The van der Waals surface area contributed by atoms with Gasteiger partial charge in [-0.25, -0.2) is 0 Å². The summed E-state index contributed by atoms with van der Waals surface area (Å²) in [5, 5.41) is 0. The molecule has 0 spiro atoms. The van der Waals surface area contributed by atoms with Gasteiger partial charge in [0.25, 0.3) is 0 Å². The average molecular weight is 261 g/mol. The molecule has 0 radical (unpaired) electrons. The van der Waals surface area contributed by atoms with Gasteiger partial charge in [-0.05, 0) is 67.2 Å². The summed E-state index contributed by atoms with van der Waals surface area (Å²) in [5.74, 6) is 2.16. The molecule has 0 aliphatic heterocycles. The molecule has 2 heteroatoms. The summed E-state index contributed by atoms with van der Waals surface area (Å²) >= 11 is 0. The predicted octanol–water partition coefficient (Wildman–Crippen LogP) is 3.95. The summed E-state index contributed by atoms with van der Waals surface area (Å²) < 4.78 is 5.22. The summed E-state index contributed by atoms with van der Waals surface area (Å²) in [7, 11) is 1.71. The van der Waals surface area contributed by atoms with Crippen LogP contribution in [0.2, 0.25) is 0 Å². The van der Waals surface area contributed by atoms with E-state index in [0.717, 1.165) is 18.2 Å². The SMILES string of the molecule is COc1ccc(C(CN)C2CCC(C)(C)CC2)cc1. The Labute approximate surface area is 117 Å². The summed E-state index contributed by atoms with van der Waals surface area (Å²) in [6.07, 6.45) is 5.26. The zero-order valence-corrected chi connectivity index (χ0v) is 12.5. The Hall–Kier alpha value is -1.02. The van der Waals surface area contributed by atoms with Crippen molar-refractivity contribution in [2.45, 2.75) is 45.4 Å². The van der Waals surface area contributed by atoms with E-state index in [2.05, 4.69) is 26.0 Å². The number of methoxy groups -OCH3 is 1. The van der Waals surface area contributed by atoms with Gasteiger partial charge >= 0.3 is 0 Å². The average Bonchev–Trinajstić information content (AvgIpc) is 2.42. The van der Waals surface area contributed by atoms with E-state index in [-0.39, 0.29) is 0 Å². The zero-order valence-electron chi connectivity index (χ0n) is 12.5. The second-order valence-electron chi connectivity index (χ2n) is 6.62. The summed E-state index contributed by atoms with van der Waals surface area (Å²) in [4.78, 5) is 0. The Morgan fingerprint density at radius 3 is 2.26 bits per heavy atom. The van der Waals surface area contributed by atoms with Crippen molar-refractivity contribution < 1.29 is 4.74 Å². The molecule has 2 rings (SSSR count). The monoisotopic (exact) mass is 261 g/mol. The van der Waals surface area contributed by atoms with Gasteiger partial charge < -0.3 is 10.5 Å². The number of hydrogen-bond acceptors (Lipinski definition) is 2. The molecular weight excluding hydrogens is 234 g/mol. The van der Waals surface area contributed by atoms with E-state index in [1.165, 1.54) is 31.2 Å². The minimum absolute atomic E-state index is 0.502. The van der Waals surface area contributed by atoms with Crippen LogP contribution in [0.5, 0.6) is 5.75 Å².